The zero-order chi connectivity index (χ0) is 34.4. The van der Waals surface area contributed by atoms with E-state index in [4.69, 9.17) is 9.40 Å². The Labute approximate surface area is 301 Å². The van der Waals surface area contributed by atoms with E-state index in [1.165, 1.54) is 32.7 Å². The Hall–Kier alpha value is -6.97. The predicted molar refractivity (Wildman–Crippen MR) is 218 cm³/mol. The van der Waals surface area contributed by atoms with Crippen molar-refractivity contribution in [1.82, 2.24) is 4.98 Å². The molecule has 0 spiro atoms. The Bertz CT molecular complexity index is 2880. The first-order valence-electron chi connectivity index (χ1n) is 17.6. The van der Waals surface area contributed by atoms with Gasteiger partial charge in [-0.15, -0.1) is 0 Å². The van der Waals surface area contributed by atoms with Crippen LogP contribution < -0.4 is 4.90 Å². The molecular formula is C49H32N2O. The van der Waals surface area contributed by atoms with Gasteiger partial charge in [-0.05, 0) is 110 Å². The van der Waals surface area contributed by atoms with E-state index in [1.807, 2.05) is 36.4 Å². The maximum Gasteiger partial charge on any atom is 0.227 e. The second-order valence-corrected chi connectivity index (χ2v) is 13.2. The van der Waals surface area contributed by atoms with Crippen molar-refractivity contribution in [2.45, 2.75) is 0 Å². The molecule has 10 rings (SSSR count). The number of para-hydroxylation sites is 1. The molecule has 3 nitrogen and oxygen atoms in total. The molecular weight excluding hydrogens is 633 g/mol. The highest BCUT2D eigenvalue weighted by Gasteiger charge is 2.17. The molecule has 0 atom stereocenters. The van der Waals surface area contributed by atoms with Gasteiger partial charge in [-0.1, -0.05) is 133 Å². The van der Waals surface area contributed by atoms with Gasteiger partial charge in [0.25, 0.3) is 0 Å². The van der Waals surface area contributed by atoms with Gasteiger partial charge in [-0.2, -0.15) is 0 Å². The van der Waals surface area contributed by atoms with E-state index in [2.05, 4.69) is 163 Å². The second-order valence-electron chi connectivity index (χ2n) is 13.2. The Morgan fingerprint density at radius 1 is 0.385 bits per heavy atom. The van der Waals surface area contributed by atoms with Crippen LogP contribution in [0.25, 0.3) is 77.1 Å². The first-order valence-corrected chi connectivity index (χ1v) is 17.6. The molecule has 10 aromatic rings. The average molecular weight is 665 g/mol. The quantitative estimate of drug-likeness (QED) is 0.166. The molecule has 0 saturated heterocycles. The van der Waals surface area contributed by atoms with Gasteiger partial charge in [-0.3, -0.25) is 0 Å². The van der Waals surface area contributed by atoms with Gasteiger partial charge in [0.05, 0.1) is 0 Å². The lowest BCUT2D eigenvalue weighted by atomic mass is 9.93. The molecule has 0 aliphatic rings. The van der Waals surface area contributed by atoms with Crippen LogP contribution in [0, 0.1) is 0 Å². The van der Waals surface area contributed by atoms with E-state index >= 15 is 0 Å². The minimum Gasteiger partial charge on any atom is -0.435 e. The van der Waals surface area contributed by atoms with Gasteiger partial charge >= 0.3 is 0 Å². The summed E-state index contributed by atoms with van der Waals surface area (Å²) in [6, 6.07) is 68.7. The van der Waals surface area contributed by atoms with Gasteiger partial charge < -0.3 is 9.32 Å². The fourth-order valence-corrected chi connectivity index (χ4v) is 7.60. The van der Waals surface area contributed by atoms with Crippen molar-refractivity contribution in [2.24, 2.45) is 0 Å². The molecule has 244 valence electrons. The standard InChI is InChI=1S/C49H32N2O/c1-3-12-36(13-4-1)49-50-46-31-26-35-15-11-21-42(47(35)48(46)52-49)33-22-27-39(28-23-33)51(38-16-5-2-6-17-38)40-29-24-34(25-30-40)45-32-37-14-7-8-18-41(37)43-19-9-10-20-44(43)45/h1-32H. The molecule has 1 aromatic heterocycles. The highest BCUT2D eigenvalue weighted by atomic mass is 16.3. The van der Waals surface area contributed by atoms with Gasteiger partial charge in [0.2, 0.25) is 5.89 Å². The largest absolute Gasteiger partial charge is 0.435 e. The lowest BCUT2D eigenvalue weighted by Gasteiger charge is -2.26. The first kappa shape index (κ1) is 29.9. The highest BCUT2D eigenvalue weighted by Crippen LogP contribution is 2.41. The molecule has 0 unspecified atom stereocenters. The van der Waals surface area contributed by atoms with Gasteiger partial charge in [-0.25, -0.2) is 4.98 Å². The molecule has 0 fully saturated rings. The van der Waals surface area contributed by atoms with Gasteiger partial charge in [0.1, 0.15) is 5.52 Å². The molecule has 0 radical (unpaired) electrons. The fourth-order valence-electron chi connectivity index (χ4n) is 7.60. The van der Waals surface area contributed by atoms with Crippen LogP contribution in [0.15, 0.2) is 199 Å². The van der Waals surface area contributed by atoms with E-state index in [0.717, 1.165) is 55.6 Å². The molecule has 0 saturated carbocycles. The minimum atomic E-state index is 0.631. The second kappa shape index (κ2) is 12.4. The number of hydrogen-bond donors (Lipinski definition) is 0. The maximum atomic E-state index is 6.47. The number of aromatic nitrogens is 1. The Kier molecular flexibility index (Phi) is 7.14. The lowest BCUT2D eigenvalue weighted by Crippen LogP contribution is -2.09. The van der Waals surface area contributed by atoms with Crippen molar-refractivity contribution in [3.05, 3.63) is 194 Å². The Morgan fingerprint density at radius 3 is 1.69 bits per heavy atom. The SMILES string of the molecule is c1ccc(-c2nc3ccc4cccc(-c5ccc(N(c6ccccc6)c6ccc(-c7cc8ccccc8c8ccccc78)cc6)cc5)c4c3o2)cc1. The molecule has 1 heterocycles. The van der Waals surface area contributed by atoms with Crippen LogP contribution in [0.5, 0.6) is 0 Å². The molecule has 3 heteroatoms. The maximum absolute atomic E-state index is 6.47. The van der Waals surface area contributed by atoms with E-state index in [-0.39, 0.29) is 0 Å². The number of benzene rings is 9. The van der Waals surface area contributed by atoms with Crippen molar-refractivity contribution in [2.75, 3.05) is 4.90 Å². The average Bonchev–Trinajstić information content (AvgIpc) is 3.67. The molecule has 52 heavy (non-hydrogen) atoms. The summed E-state index contributed by atoms with van der Waals surface area (Å²) in [5.74, 6) is 0.631. The van der Waals surface area contributed by atoms with Crippen LogP contribution in [0.2, 0.25) is 0 Å². The van der Waals surface area contributed by atoms with Crippen LogP contribution in [-0.2, 0) is 0 Å². The smallest absolute Gasteiger partial charge is 0.227 e. The van der Waals surface area contributed by atoms with Gasteiger partial charge in [0, 0.05) is 28.0 Å². The monoisotopic (exact) mass is 664 g/mol. The summed E-state index contributed by atoms with van der Waals surface area (Å²) in [6.45, 7) is 0. The van der Waals surface area contributed by atoms with Crippen LogP contribution >= 0.6 is 0 Å². The number of rotatable bonds is 6. The van der Waals surface area contributed by atoms with Crippen molar-refractivity contribution in [3.8, 4) is 33.7 Å². The molecule has 9 aromatic carbocycles. The Balaban J connectivity index is 1.05. The molecule has 0 aliphatic carbocycles. The lowest BCUT2D eigenvalue weighted by molar-refractivity contribution is 0.623. The van der Waals surface area contributed by atoms with Crippen molar-refractivity contribution in [3.63, 3.8) is 0 Å². The number of oxazole rings is 1. The van der Waals surface area contributed by atoms with Crippen LogP contribution in [-0.4, -0.2) is 4.98 Å². The first-order chi connectivity index (χ1) is 25.8. The van der Waals surface area contributed by atoms with Crippen molar-refractivity contribution < 1.29 is 4.42 Å². The third-order valence-corrected chi connectivity index (χ3v) is 10.1. The summed E-state index contributed by atoms with van der Waals surface area (Å²) >= 11 is 0. The van der Waals surface area contributed by atoms with E-state index < -0.39 is 0 Å². The molecule has 0 aliphatic heterocycles. The highest BCUT2D eigenvalue weighted by molar-refractivity contribution is 6.14. The summed E-state index contributed by atoms with van der Waals surface area (Å²) in [5.41, 5.74) is 10.6. The van der Waals surface area contributed by atoms with Crippen molar-refractivity contribution >= 4 is 60.5 Å². The predicted octanol–water partition coefficient (Wildman–Crippen LogP) is 13.8. The summed E-state index contributed by atoms with van der Waals surface area (Å²) in [7, 11) is 0. The summed E-state index contributed by atoms with van der Waals surface area (Å²) in [4.78, 5) is 7.17. The third-order valence-electron chi connectivity index (χ3n) is 10.1. The number of anilines is 3. The van der Waals surface area contributed by atoms with E-state index in [9.17, 15) is 0 Å². The minimum absolute atomic E-state index is 0.631. The summed E-state index contributed by atoms with van der Waals surface area (Å²) in [5, 5.41) is 7.25. The third kappa shape index (κ3) is 5.10. The van der Waals surface area contributed by atoms with Crippen molar-refractivity contribution in [1.29, 1.82) is 0 Å². The Morgan fingerprint density at radius 2 is 0.962 bits per heavy atom. The summed E-state index contributed by atoms with van der Waals surface area (Å²) < 4.78 is 6.47. The zero-order valence-electron chi connectivity index (χ0n) is 28.3. The normalized spacial score (nSPS) is 11.5. The van der Waals surface area contributed by atoms with Crippen LogP contribution in [0.4, 0.5) is 17.1 Å². The molecule has 0 N–H and O–H groups in total. The fraction of sp³-hybridized carbons (Fsp3) is 0. The van der Waals surface area contributed by atoms with E-state index in [0.29, 0.717) is 5.89 Å². The number of fused-ring (bicyclic) bond motifs is 6. The van der Waals surface area contributed by atoms with Crippen LogP contribution in [0.1, 0.15) is 0 Å². The number of nitrogens with zero attached hydrogens (tertiary/aromatic N) is 2. The van der Waals surface area contributed by atoms with Gasteiger partial charge in [0.15, 0.2) is 5.58 Å². The topological polar surface area (TPSA) is 29.3 Å². The molecule has 0 bridgehead atoms. The van der Waals surface area contributed by atoms with E-state index in [1.54, 1.807) is 0 Å². The number of hydrogen-bond acceptors (Lipinski definition) is 3. The summed E-state index contributed by atoms with van der Waals surface area (Å²) in [6.07, 6.45) is 0. The van der Waals surface area contributed by atoms with Crippen LogP contribution in [0.3, 0.4) is 0 Å². The zero-order valence-corrected chi connectivity index (χ0v) is 28.3. The molecule has 0 amide bonds.